The maximum absolute atomic E-state index is 13.1. The molecule has 0 unspecified atom stereocenters. The van der Waals surface area contributed by atoms with Crippen molar-refractivity contribution in [2.75, 3.05) is 0 Å². The highest BCUT2D eigenvalue weighted by molar-refractivity contribution is 5.21. The number of benzene rings is 1. The van der Waals surface area contributed by atoms with Gasteiger partial charge in [-0.15, -0.1) is 0 Å². The Kier molecular flexibility index (Phi) is 3.85. The molecule has 0 saturated carbocycles. The second-order valence-electron chi connectivity index (χ2n) is 3.43. The molecule has 0 saturated heterocycles. The minimum atomic E-state index is -4.35. The summed E-state index contributed by atoms with van der Waals surface area (Å²) in [7, 11) is 0. The molecular formula is C10H10F5N. The number of hydrogen-bond donors (Lipinski definition) is 1. The van der Waals surface area contributed by atoms with Crippen molar-refractivity contribution in [3.63, 3.8) is 0 Å². The zero-order valence-electron chi connectivity index (χ0n) is 8.19. The van der Waals surface area contributed by atoms with Crippen LogP contribution >= 0.6 is 0 Å². The standard InChI is InChI=1S/C10H10F5N/c11-6-1-2-8(12)7(5-6)9(16)3-4-10(13,14)15/h1-2,5,9H,3-4,16H2/t9-/m1/s1. The lowest BCUT2D eigenvalue weighted by Gasteiger charge is -2.14. The molecule has 6 heteroatoms. The molecule has 0 heterocycles. The summed E-state index contributed by atoms with van der Waals surface area (Å²) in [5.41, 5.74) is 5.13. The Morgan fingerprint density at radius 2 is 1.81 bits per heavy atom. The van der Waals surface area contributed by atoms with Gasteiger partial charge in [0.15, 0.2) is 0 Å². The highest BCUT2D eigenvalue weighted by atomic mass is 19.4. The molecule has 1 nitrogen and oxygen atoms in total. The van der Waals surface area contributed by atoms with Crippen LogP contribution in [0.2, 0.25) is 0 Å². The summed E-state index contributed by atoms with van der Waals surface area (Å²) < 4.78 is 61.5. The van der Waals surface area contributed by atoms with Crippen molar-refractivity contribution in [1.82, 2.24) is 0 Å². The highest BCUT2D eigenvalue weighted by Crippen LogP contribution is 2.27. The summed E-state index contributed by atoms with van der Waals surface area (Å²) in [6.45, 7) is 0. The molecule has 1 atom stereocenters. The summed E-state index contributed by atoms with van der Waals surface area (Å²) in [6.07, 6.45) is -5.94. The van der Waals surface area contributed by atoms with Gasteiger partial charge < -0.3 is 5.73 Å². The van der Waals surface area contributed by atoms with Gasteiger partial charge in [-0.25, -0.2) is 8.78 Å². The Bertz CT molecular complexity index is 361. The first kappa shape index (κ1) is 12.9. The Labute approximate surface area is 89.1 Å². The van der Waals surface area contributed by atoms with Crippen molar-refractivity contribution in [2.24, 2.45) is 5.73 Å². The van der Waals surface area contributed by atoms with Crippen LogP contribution < -0.4 is 5.73 Å². The van der Waals surface area contributed by atoms with Crippen LogP contribution in [0.4, 0.5) is 22.0 Å². The van der Waals surface area contributed by atoms with E-state index < -0.39 is 36.7 Å². The molecule has 0 fully saturated rings. The molecule has 0 aromatic heterocycles. The van der Waals surface area contributed by atoms with Gasteiger partial charge in [0.05, 0.1) is 0 Å². The van der Waals surface area contributed by atoms with Crippen LogP contribution in [0.1, 0.15) is 24.4 Å². The fourth-order valence-corrected chi connectivity index (χ4v) is 1.27. The number of halogens is 5. The molecule has 0 radical (unpaired) electrons. The molecule has 1 aromatic carbocycles. The van der Waals surface area contributed by atoms with Crippen molar-refractivity contribution in [3.8, 4) is 0 Å². The lowest BCUT2D eigenvalue weighted by molar-refractivity contribution is -0.136. The van der Waals surface area contributed by atoms with Gasteiger partial charge in [-0.2, -0.15) is 13.2 Å². The SMILES string of the molecule is N[C@H](CCC(F)(F)F)c1cc(F)ccc1F. The van der Waals surface area contributed by atoms with Gasteiger partial charge in [0.2, 0.25) is 0 Å². The molecule has 0 aliphatic rings. The van der Waals surface area contributed by atoms with Crippen molar-refractivity contribution < 1.29 is 22.0 Å². The summed E-state index contributed by atoms with van der Waals surface area (Å²) in [4.78, 5) is 0. The zero-order chi connectivity index (χ0) is 12.3. The fraction of sp³-hybridized carbons (Fsp3) is 0.400. The molecule has 2 N–H and O–H groups in total. The molecule has 0 aliphatic heterocycles. The predicted molar refractivity (Wildman–Crippen MR) is 48.6 cm³/mol. The smallest absolute Gasteiger partial charge is 0.324 e. The monoisotopic (exact) mass is 239 g/mol. The number of nitrogens with two attached hydrogens (primary N) is 1. The molecule has 0 amide bonds. The van der Waals surface area contributed by atoms with E-state index in [0.29, 0.717) is 0 Å². The third kappa shape index (κ3) is 3.77. The van der Waals surface area contributed by atoms with Gasteiger partial charge in [-0.1, -0.05) is 0 Å². The van der Waals surface area contributed by atoms with E-state index in [9.17, 15) is 22.0 Å². The van der Waals surface area contributed by atoms with Gasteiger partial charge in [-0.3, -0.25) is 0 Å². The maximum atomic E-state index is 13.1. The van der Waals surface area contributed by atoms with Crippen LogP contribution in [0.25, 0.3) is 0 Å². The number of alkyl halides is 3. The van der Waals surface area contributed by atoms with Crippen LogP contribution in [0.15, 0.2) is 18.2 Å². The average molecular weight is 239 g/mol. The van der Waals surface area contributed by atoms with E-state index in [4.69, 9.17) is 5.73 Å². The third-order valence-electron chi connectivity index (χ3n) is 2.10. The molecule has 0 bridgehead atoms. The van der Waals surface area contributed by atoms with Gasteiger partial charge in [0.1, 0.15) is 11.6 Å². The summed E-state index contributed by atoms with van der Waals surface area (Å²) in [5.74, 6) is -1.52. The average Bonchev–Trinajstić information content (AvgIpc) is 2.17. The summed E-state index contributed by atoms with van der Waals surface area (Å²) >= 11 is 0. The van der Waals surface area contributed by atoms with Crippen molar-refractivity contribution in [2.45, 2.75) is 25.1 Å². The van der Waals surface area contributed by atoms with Crippen LogP contribution in [-0.4, -0.2) is 6.18 Å². The number of hydrogen-bond acceptors (Lipinski definition) is 1. The second-order valence-corrected chi connectivity index (χ2v) is 3.43. The Morgan fingerprint density at radius 1 is 1.19 bits per heavy atom. The van der Waals surface area contributed by atoms with Gasteiger partial charge in [-0.05, 0) is 24.6 Å². The highest BCUT2D eigenvalue weighted by Gasteiger charge is 2.28. The first-order valence-electron chi connectivity index (χ1n) is 4.57. The molecule has 16 heavy (non-hydrogen) atoms. The quantitative estimate of drug-likeness (QED) is 0.804. The van der Waals surface area contributed by atoms with Crippen LogP contribution in [-0.2, 0) is 0 Å². The van der Waals surface area contributed by atoms with E-state index in [0.717, 1.165) is 18.2 Å². The van der Waals surface area contributed by atoms with Crippen LogP contribution in [0.3, 0.4) is 0 Å². The normalized spacial score (nSPS) is 13.9. The largest absolute Gasteiger partial charge is 0.389 e. The van der Waals surface area contributed by atoms with E-state index in [1.165, 1.54) is 0 Å². The Balaban J connectivity index is 2.73. The molecular weight excluding hydrogens is 229 g/mol. The number of rotatable bonds is 3. The summed E-state index contributed by atoms with van der Waals surface area (Å²) in [6, 6.07) is 1.39. The van der Waals surface area contributed by atoms with E-state index in [1.54, 1.807) is 0 Å². The Morgan fingerprint density at radius 3 is 2.38 bits per heavy atom. The lowest BCUT2D eigenvalue weighted by Crippen LogP contribution is -2.17. The van der Waals surface area contributed by atoms with Crippen LogP contribution in [0.5, 0.6) is 0 Å². The first-order valence-corrected chi connectivity index (χ1v) is 4.57. The first-order chi connectivity index (χ1) is 7.29. The van der Waals surface area contributed by atoms with Gasteiger partial charge in [0.25, 0.3) is 0 Å². The van der Waals surface area contributed by atoms with Crippen molar-refractivity contribution in [3.05, 3.63) is 35.4 Å². The van der Waals surface area contributed by atoms with Crippen LogP contribution in [0, 0.1) is 11.6 Å². The van der Waals surface area contributed by atoms with E-state index >= 15 is 0 Å². The van der Waals surface area contributed by atoms with Gasteiger partial charge in [0, 0.05) is 18.0 Å². The maximum Gasteiger partial charge on any atom is 0.389 e. The van der Waals surface area contributed by atoms with E-state index in [2.05, 4.69) is 0 Å². The molecule has 1 rings (SSSR count). The topological polar surface area (TPSA) is 26.0 Å². The molecule has 90 valence electrons. The fourth-order valence-electron chi connectivity index (χ4n) is 1.27. The molecule has 0 aliphatic carbocycles. The molecule has 0 spiro atoms. The lowest BCUT2D eigenvalue weighted by atomic mass is 10.0. The van der Waals surface area contributed by atoms with Crippen molar-refractivity contribution >= 4 is 0 Å². The predicted octanol–water partition coefficient (Wildman–Crippen LogP) is 3.31. The minimum absolute atomic E-state index is 0.232. The van der Waals surface area contributed by atoms with E-state index in [1.807, 2.05) is 0 Å². The van der Waals surface area contributed by atoms with Gasteiger partial charge >= 0.3 is 6.18 Å². The zero-order valence-corrected chi connectivity index (χ0v) is 8.19. The van der Waals surface area contributed by atoms with E-state index in [-0.39, 0.29) is 5.56 Å². The summed E-state index contributed by atoms with van der Waals surface area (Å²) in [5, 5.41) is 0. The Hall–Kier alpha value is -1.17. The molecule has 1 aromatic rings. The van der Waals surface area contributed by atoms with Crippen molar-refractivity contribution in [1.29, 1.82) is 0 Å². The third-order valence-corrected chi connectivity index (χ3v) is 2.10. The second kappa shape index (κ2) is 4.78. The minimum Gasteiger partial charge on any atom is -0.324 e.